The zero-order valence-corrected chi connectivity index (χ0v) is 44.3. The van der Waals surface area contributed by atoms with Crippen molar-refractivity contribution < 1.29 is 190 Å². The second-order valence-corrected chi connectivity index (χ2v) is 18.0. The monoisotopic (exact) mass is 962 g/mol. The first-order chi connectivity index (χ1) is 26.8. The Hall–Kier alpha value is -2.12. The number of hydrazone groups is 2. The molecule has 0 amide bonds. The van der Waals surface area contributed by atoms with E-state index in [-0.39, 0.29) is 130 Å². The molecular formula is C34H22N4Na4O16S4. The average Bonchev–Trinajstić information content (AvgIpc) is 3.09. The zero-order chi connectivity index (χ0) is 42.9. The van der Waals surface area contributed by atoms with E-state index in [0.717, 1.165) is 0 Å². The molecule has 0 aromatic heterocycles. The number of ketones is 2. The van der Waals surface area contributed by atoms with Gasteiger partial charge in [-0.1, -0.05) is 12.1 Å². The van der Waals surface area contributed by atoms with Gasteiger partial charge in [-0.25, -0.2) is 33.7 Å². The molecule has 2 aliphatic carbocycles. The second-order valence-electron chi connectivity index (χ2n) is 12.5. The minimum atomic E-state index is -5.42. The van der Waals surface area contributed by atoms with Gasteiger partial charge in [0.25, 0.3) is 0 Å². The van der Waals surface area contributed by atoms with Gasteiger partial charge in [-0.15, -0.1) is 0 Å². The molecule has 302 valence electrons. The maximum Gasteiger partial charge on any atom is 1.00 e. The molecule has 0 saturated heterocycles. The maximum absolute atomic E-state index is 13.3. The fourth-order valence-electron chi connectivity index (χ4n) is 5.90. The number of Topliss-reactive ketones (excluding diaryl/α,β-unsaturated/α-hetero) is 2. The van der Waals surface area contributed by atoms with Crippen LogP contribution in [0.4, 0.5) is 11.4 Å². The van der Waals surface area contributed by atoms with Crippen molar-refractivity contribution in [3.8, 4) is 22.6 Å². The summed E-state index contributed by atoms with van der Waals surface area (Å²) in [5, 5.41) is 28.3. The molecule has 0 heterocycles. The van der Waals surface area contributed by atoms with Gasteiger partial charge in [-0.2, -0.15) is 10.2 Å². The van der Waals surface area contributed by atoms with Crippen molar-refractivity contribution in [2.45, 2.75) is 23.6 Å². The van der Waals surface area contributed by atoms with Crippen LogP contribution in [0.15, 0.2) is 90.5 Å². The third-order valence-electron chi connectivity index (χ3n) is 8.65. The van der Waals surface area contributed by atoms with Crippen LogP contribution in [0, 0.1) is 13.8 Å². The van der Waals surface area contributed by atoms with Crippen LogP contribution >= 0.6 is 0 Å². The van der Waals surface area contributed by atoms with Crippen LogP contribution in [-0.4, -0.2) is 85.1 Å². The first kappa shape index (κ1) is 56.0. The molecule has 62 heavy (non-hydrogen) atoms. The van der Waals surface area contributed by atoms with E-state index in [1.54, 1.807) is 38.1 Å². The number of anilines is 2. The van der Waals surface area contributed by atoms with Crippen LogP contribution in [0.5, 0.6) is 11.5 Å². The summed E-state index contributed by atoms with van der Waals surface area (Å²) in [6.07, 6.45) is 1.22. The number of hydrogen-bond acceptors (Lipinski definition) is 20. The number of nitrogens with zero attached hydrogens (tertiary/aromatic N) is 2. The predicted molar refractivity (Wildman–Crippen MR) is 200 cm³/mol. The average molecular weight is 963 g/mol. The number of hydrogen-bond donors (Lipinski definition) is 4. The summed E-state index contributed by atoms with van der Waals surface area (Å²) >= 11 is 0. The van der Waals surface area contributed by atoms with Gasteiger partial charge in [0, 0.05) is 0 Å². The Morgan fingerprint density at radius 3 is 1.10 bits per heavy atom. The Bertz CT molecular complexity index is 2940. The summed E-state index contributed by atoms with van der Waals surface area (Å²) in [4.78, 5) is 22.2. The fourth-order valence-corrected chi connectivity index (χ4v) is 8.24. The smallest absolute Gasteiger partial charge is 0.744 e. The quantitative estimate of drug-likeness (QED) is 0.0687. The molecule has 6 rings (SSSR count). The number of fused-ring (bicyclic) bond motifs is 2. The van der Waals surface area contributed by atoms with Gasteiger partial charge in [-0.3, -0.25) is 20.4 Å². The van der Waals surface area contributed by atoms with Crippen LogP contribution in [0.3, 0.4) is 0 Å². The Morgan fingerprint density at radius 1 is 0.500 bits per heavy atom. The molecule has 4 N–H and O–H groups in total. The van der Waals surface area contributed by atoms with E-state index in [1.807, 2.05) is 0 Å². The Morgan fingerprint density at radius 2 is 0.823 bits per heavy atom. The van der Waals surface area contributed by atoms with Gasteiger partial charge in [0.15, 0.2) is 0 Å². The van der Waals surface area contributed by atoms with E-state index in [0.29, 0.717) is 58.7 Å². The molecule has 2 aliphatic rings. The summed E-state index contributed by atoms with van der Waals surface area (Å²) in [7, 11) is -21.1. The number of phenols is 2. The summed E-state index contributed by atoms with van der Waals surface area (Å²) in [6, 6.07) is 11.7. The number of benzene rings is 4. The standard InChI is InChI=1S/C34H26N4O16S4.4Na/c1-15-7-17(3-5-23(15)35-37-31-27(57(49,50)51)11-19-9-21(55(43,44)45)13-25(39)29(19)33(31)41)18-4-6-24(16(2)8-18)36-38-32-28(58(52,53)54)12-20-10-22(56(46,47)48)14-26(40)30(20)34(32)42;;;;/h3-14,35-36,39-40H,1-2H3,(H,43,44,45)(H,46,47,48)(H,49,50,51)(H,52,53,54);;;;/q;4*+1/p-4/b37-31-,38-32-;;;;. The first-order valence-electron chi connectivity index (χ1n) is 15.8. The van der Waals surface area contributed by atoms with Crippen LogP contribution in [0.2, 0.25) is 0 Å². The van der Waals surface area contributed by atoms with Gasteiger partial charge in [-0.05, 0) is 108 Å². The van der Waals surface area contributed by atoms with Gasteiger partial charge < -0.3 is 28.4 Å². The van der Waals surface area contributed by atoms with Gasteiger partial charge in [0.1, 0.15) is 63.4 Å². The number of aromatic hydroxyl groups is 2. The van der Waals surface area contributed by atoms with Crippen LogP contribution < -0.4 is 129 Å². The van der Waals surface area contributed by atoms with Crippen LogP contribution in [0.25, 0.3) is 23.3 Å². The van der Waals surface area contributed by atoms with E-state index in [2.05, 4.69) is 21.1 Å². The number of carbonyl (C=O) groups excluding carboxylic acids is 2. The number of nitrogens with one attached hydrogen (secondary N) is 2. The third-order valence-corrected chi connectivity index (χ3v) is 12.0. The van der Waals surface area contributed by atoms with E-state index >= 15 is 0 Å². The molecule has 0 radical (unpaired) electrons. The fraction of sp³-hybridized carbons (Fsp3) is 0.0588. The second kappa shape index (κ2) is 20.6. The third kappa shape index (κ3) is 11.8. The van der Waals surface area contributed by atoms with E-state index < -0.39 is 117 Å². The number of carbonyl (C=O) groups is 2. The molecule has 4 aromatic carbocycles. The van der Waals surface area contributed by atoms with Crippen molar-refractivity contribution in [2.75, 3.05) is 10.9 Å². The molecule has 0 saturated carbocycles. The minimum Gasteiger partial charge on any atom is -0.744 e. The van der Waals surface area contributed by atoms with Crippen molar-refractivity contribution in [1.82, 2.24) is 0 Å². The predicted octanol–water partition coefficient (Wildman–Crippen LogP) is -9.69. The Balaban J connectivity index is 0.00000331. The summed E-state index contributed by atoms with van der Waals surface area (Å²) in [6.45, 7) is 3.21. The summed E-state index contributed by atoms with van der Waals surface area (Å²) in [5.41, 5.74) is 3.45. The first-order valence-corrected chi connectivity index (χ1v) is 21.4. The molecule has 0 bridgehead atoms. The number of allylic oxidation sites excluding steroid dienone is 2. The molecule has 28 heteroatoms. The van der Waals surface area contributed by atoms with E-state index in [9.17, 15) is 71.7 Å². The van der Waals surface area contributed by atoms with Crippen molar-refractivity contribution >= 4 is 87.0 Å². The molecule has 0 atom stereocenters. The van der Waals surface area contributed by atoms with E-state index in [1.165, 1.54) is 12.1 Å². The number of phenolic OH excluding ortho intramolecular Hbond substituents is 2. The molecular weight excluding hydrogens is 941 g/mol. The van der Waals surface area contributed by atoms with Crippen molar-refractivity contribution in [1.29, 1.82) is 0 Å². The molecule has 0 unspecified atom stereocenters. The largest absolute Gasteiger partial charge is 1.00 e. The van der Waals surface area contributed by atoms with Gasteiger partial charge >= 0.3 is 118 Å². The topological polar surface area (TPSA) is 352 Å². The van der Waals surface area contributed by atoms with E-state index in [4.69, 9.17) is 0 Å². The van der Waals surface area contributed by atoms with Crippen molar-refractivity contribution in [3.05, 3.63) is 104 Å². The summed E-state index contributed by atoms with van der Waals surface area (Å²) < 4.78 is 141. The minimum absolute atomic E-state index is 0. The van der Waals surface area contributed by atoms with Crippen molar-refractivity contribution in [3.63, 3.8) is 0 Å². The number of rotatable bonds is 9. The van der Waals surface area contributed by atoms with Crippen LogP contribution in [-0.2, 0) is 40.5 Å². The summed E-state index contributed by atoms with van der Waals surface area (Å²) in [5.74, 6) is -4.48. The molecule has 0 aliphatic heterocycles. The maximum atomic E-state index is 13.3. The van der Waals surface area contributed by atoms with Crippen LogP contribution in [0.1, 0.15) is 43.0 Å². The molecule has 20 nitrogen and oxygen atoms in total. The Kier molecular flexibility index (Phi) is 18.6. The molecule has 0 spiro atoms. The zero-order valence-electron chi connectivity index (χ0n) is 33.1. The SMILES string of the molecule is Cc1cc(-c2ccc(N/N=C3\C(=O)c4c(O)cc(S(=O)(=O)[O-])cc4C=C3S(=O)(=O)[O-])c(C)c2)ccc1N/N=C1\C(=O)c2c(O)cc(S(=O)(=O)[O-])cc2C=C1S(=O)(=O)[O-].[Na+].[Na+].[Na+].[Na+]. The van der Waals surface area contributed by atoms with Gasteiger partial charge in [0.2, 0.25) is 11.6 Å². The normalized spacial score (nSPS) is 15.1. The molecule has 4 aromatic rings. The Labute approximate surface area is 442 Å². The van der Waals surface area contributed by atoms with Crippen molar-refractivity contribution in [2.24, 2.45) is 10.2 Å². The molecule has 0 fully saturated rings. The van der Waals surface area contributed by atoms with Gasteiger partial charge in [0.05, 0.1) is 42.1 Å². The number of aryl methyl sites for hydroxylation is 2.